The van der Waals surface area contributed by atoms with Gasteiger partial charge in [-0.2, -0.15) is 0 Å². The van der Waals surface area contributed by atoms with Gasteiger partial charge >= 0.3 is 0 Å². The minimum absolute atomic E-state index is 0.0814. The van der Waals surface area contributed by atoms with Gasteiger partial charge in [-0.3, -0.25) is 4.98 Å². The van der Waals surface area contributed by atoms with Crippen LogP contribution in [0.25, 0.3) is 33.0 Å². The van der Waals surface area contributed by atoms with Gasteiger partial charge in [-0.05, 0) is 56.9 Å². The summed E-state index contributed by atoms with van der Waals surface area (Å²) in [6, 6.07) is 58.7. The van der Waals surface area contributed by atoms with E-state index in [0.717, 1.165) is 33.2 Å². The molecule has 1 atom stereocenters. The highest BCUT2D eigenvalue weighted by Gasteiger charge is 2.39. The Hall–Kier alpha value is -5.25. The second kappa shape index (κ2) is 10.9. The first kappa shape index (κ1) is 25.5. The van der Waals surface area contributed by atoms with Crippen LogP contribution in [0.1, 0.15) is 28.1 Å². The summed E-state index contributed by atoms with van der Waals surface area (Å²) in [7, 11) is -1.48. The van der Waals surface area contributed by atoms with E-state index in [1.165, 1.54) is 32.6 Å². The van der Waals surface area contributed by atoms with Gasteiger partial charge in [0.1, 0.15) is 0 Å². The summed E-state index contributed by atoms with van der Waals surface area (Å²) in [5.74, 6) is 0. The van der Waals surface area contributed by atoms with Crippen molar-refractivity contribution >= 4 is 51.7 Å². The van der Waals surface area contributed by atoms with Crippen LogP contribution in [0.2, 0.25) is 0 Å². The van der Waals surface area contributed by atoms with E-state index in [2.05, 4.69) is 164 Å². The van der Waals surface area contributed by atoms with Crippen molar-refractivity contribution in [2.75, 3.05) is 0 Å². The minimum Gasteiger partial charge on any atom is -0.252 e. The van der Waals surface area contributed by atoms with Crippen LogP contribution in [0.15, 0.2) is 164 Å². The van der Waals surface area contributed by atoms with E-state index in [9.17, 15) is 0 Å². The summed E-state index contributed by atoms with van der Waals surface area (Å²) in [5.41, 5.74) is 9.35. The van der Waals surface area contributed by atoms with Crippen LogP contribution in [-0.2, 0) is 0 Å². The predicted molar refractivity (Wildman–Crippen MR) is 182 cm³/mol. The SMILES string of the molecule is c1ccc(C2=C(c3ccccc3)C(c3ccc4ccccc4n3)[Si](c3ccccc3)=C2c2ccc3ccccc3n2)cc1. The second-order valence-electron chi connectivity index (χ2n) is 10.9. The molecule has 1 unspecified atom stereocenters. The molecular weight excluding hydrogens is 537 g/mol. The van der Waals surface area contributed by atoms with Crippen LogP contribution in [0.3, 0.4) is 0 Å². The molecule has 8 rings (SSSR count). The molecule has 0 fully saturated rings. The number of rotatable bonds is 5. The van der Waals surface area contributed by atoms with E-state index >= 15 is 0 Å². The molecule has 0 spiro atoms. The number of benzene rings is 5. The van der Waals surface area contributed by atoms with Gasteiger partial charge in [0.2, 0.25) is 0 Å². The number of nitrogens with zero attached hydrogens (tertiary/aromatic N) is 2. The molecular formula is C40H28N2Si. The predicted octanol–water partition coefficient (Wildman–Crippen LogP) is 8.23. The molecule has 3 heterocycles. The Morgan fingerprint density at radius 2 is 0.977 bits per heavy atom. The van der Waals surface area contributed by atoms with Gasteiger partial charge in [-0.1, -0.05) is 140 Å². The molecule has 0 saturated heterocycles. The summed E-state index contributed by atoms with van der Waals surface area (Å²) < 4.78 is 0. The topological polar surface area (TPSA) is 25.8 Å². The van der Waals surface area contributed by atoms with Crippen molar-refractivity contribution in [3.63, 3.8) is 0 Å². The fourth-order valence-corrected chi connectivity index (χ4v) is 9.96. The van der Waals surface area contributed by atoms with Crippen LogP contribution >= 0.6 is 0 Å². The van der Waals surface area contributed by atoms with Crippen molar-refractivity contribution in [3.05, 3.63) is 186 Å². The number of para-hydroxylation sites is 2. The molecule has 1 aliphatic rings. The number of aromatic nitrogens is 2. The highest BCUT2D eigenvalue weighted by Crippen LogP contribution is 2.45. The molecule has 0 radical (unpaired) electrons. The van der Waals surface area contributed by atoms with Crippen molar-refractivity contribution in [1.82, 2.24) is 9.97 Å². The Labute approximate surface area is 252 Å². The van der Waals surface area contributed by atoms with Crippen molar-refractivity contribution in [2.45, 2.75) is 5.54 Å². The van der Waals surface area contributed by atoms with Crippen LogP contribution < -0.4 is 5.19 Å². The first-order valence-corrected chi connectivity index (χ1v) is 16.3. The molecule has 0 bridgehead atoms. The molecule has 1 aliphatic heterocycles. The Bertz CT molecular complexity index is 2170. The average molecular weight is 565 g/mol. The van der Waals surface area contributed by atoms with E-state index in [1.807, 2.05) is 0 Å². The highest BCUT2D eigenvalue weighted by molar-refractivity contribution is 6.94. The lowest BCUT2D eigenvalue weighted by Gasteiger charge is -2.21. The van der Waals surface area contributed by atoms with Crippen molar-refractivity contribution in [1.29, 1.82) is 0 Å². The lowest BCUT2D eigenvalue weighted by Crippen LogP contribution is -2.33. The molecule has 2 aromatic heterocycles. The fourth-order valence-electron chi connectivity index (χ4n) is 6.47. The van der Waals surface area contributed by atoms with Gasteiger partial charge in [0, 0.05) is 22.0 Å². The molecule has 202 valence electrons. The van der Waals surface area contributed by atoms with Crippen molar-refractivity contribution in [2.24, 2.45) is 0 Å². The van der Waals surface area contributed by atoms with Crippen LogP contribution in [0.5, 0.6) is 0 Å². The number of fused-ring (bicyclic) bond motifs is 2. The molecule has 3 heteroatoms. The maximum atomic E-state index is 5.37. The van der Waals surface area contributed by atoms with Gasteiger partial charge in [0.15, 0.2) is 0 Å². The largest absolute Gasteiger partial charge is 0.252 e. The first-order chi connectivity index (χ1) is 21.3. The lowest BCUT2D eigenvalue weighted by molar-refractivity contribution is 1.11. The Morgan fingerprint density at radius 1 is 0.442 bits per heavy atom. The van der Waals surface area contributed by atoms with Gasteiger partial charge in [0.05, 0.1) is 25.1 Å². The zero-order chi connectivity index (χ0) is 28.6. The number of hydrogen-bond donors (Lipinski definition) is 0. The summed E-state index contributed by atoms with van der Waals surface area (Å²) in [6.07, 6.45) is 0. The number of pyridine rings is 2. The van der Waals surface area contributed by atoms with Gasteiger partial charge in [-0.25, -0.2) is 4.98 Å². The average Bonchev–Trinajstić information content (AvgIpc) is 3.45. The molecule has 2 nitrogen and oxygen atoms in total. The molecule has 7 aromatic rings. The smallest absolute Gasteiger partial charge is 0.0718 e. The Morgan fingerprint density at radius 3 is 1.65 bits per heavy atom. The number of allylic oxidation sites excluding steroid dienone is 2. The third-order valence-corrected chi connectivity index (χ3v) is 11.5. The first-order valence-electron chi connectivity index (χ1n) is 14.7. The molecule has 0 N–H and O–H groups in total. The fraction of sp³-hybridized carbons (Fsp3) is 0.0250. The van der Waals surface area contributed by atoms with E-state index < -0.39 is 8.41 Å². The monoisotopic (exact) mass is 564 g/mol. The van der Waals surface area contributed by atoms with E-state index in [0.29, 0.717) is 0 Å². The summed E-state index contributed by atoms with van der Waals surface area (Å²) >= 11 is 0. The molecule has 5 aromatic carbocycles. The van der Waals surface area contributed by atoms with E-state index in [-0.39, 0.29) is 5.54 Å². The molecule has 0 amide bonds. The molecule has 0 saturated carbocycles. The highest BCUT2D eigenvalue weighted by atomic mass is 28.2. The normalized spacial score (nSPS) is 15.0. The van der Waals surface area contributed by atoms with Crippen molar-refractivity contribution < 1.29 is 0 Å². The zero-order valence-corrected chi connectivity index (χ0v) is 24.6. The lowest BCUT2D eigenvalue weighted by atomic mass is 9.88. The molecule has 43 heavy (non-hydrogen) atoms. The minimum atomic E-state index is -1.48. The zero-order valence-electron chi connectivity index (χ0n) is 23.6. The van der Waals surface area contributed by atoms with Crippen LogP contribution in [0.4, 0.5) is 0 Å². The number of hydrogen-bond acceptors (Lipinski definition) is 2. The Kier molecular flexibility index (Phi) is 6.43. The van der Waals surface area contributed by atoms with E-state index in [1.54, 1.807) is 0 Å². The summed E-state index contributed by atoms with van der Waals surface area (Å²) in [4.78, 5) is 10.7. The van der Waals surface area contributed by atoms with Crippen LogP contribution in [0, 0.1) is 0 Å². The third-order valence-electron chi connectivity index (χ3n) is 8.37. The maximum absolute atomic E-state index is 5.37. The third kappa shape index (κ3) is 4.55. The van der Waals surface area contributed by atoms with Crippen molar-refractivity contribution in [3.8, 4) is 0 Å². The summed E-state index contributed by atoms with van der Waals surface area (Å²) in [6.45, 7) is 0. The quantitative estimate of drug-likeness (QED) is 0.197. The maximum Gasteiger partial charge on any atom is 0.0718 e. The standard InChI is InChI=1S/C40H28N2Si/c1-4-16-30(17-5-1)37-38(31-18-6-2-7-19-31)40(36-27-25-29-15-11-13-23-34(29)42-36)43(32-20-8-3-9-21-32)39(37)35-26-24-28-14-10-12-22-33(28)41-35/h1-27,39H. The van der Waals surface area contributed by atoms with E-state index in [4.69, 9.17) is 9.97 Å². The molecule has 0 aliphatic carbocycles. The second-order valence-corrected chi connectivity index (χ2v) is 13.4. The summed E-state index contributed by atoms with van der Waals surface area (Å²) in [5, 5.41) is 5.01. The van der Waals surface area contributed by atoms with Gasteiger partial charge in [-0.15, -0.1) is 0 Å². The van der Waals surface area contributed by atoms with Gasteiger partial charge < -0.3 is 0 Å². The Balaban J connectivity index is 1.53. The van der Waals surface area contributed by atoms with Crippen LogP contribution in [-0.4, -0.2) is 23.5 Å². The van der Waals surface area contributed by atoms with Gasteiger partial charge in [0.25, 0.3) is 0 Å².